The summed E-state index contributed by atoms with van der Waals surface area (Å²) < 4.78 is 0. The van der Waals surface area contributed by atoms with Gasteiger partial charge in [-0.2, -0.15) is 0 Å². The standard InChI is InChI=1S/C13H11ClN2O2/c14-9-3-1-8(2-4-9)12(18)10-7-11(17)16-6-5-15-13(10)16/h1-4,15H,5-7H2. The van der Waals surface area contributed by atoms with Crippen molar-refractivity contribution < 1.29 is 9.59 Å². The van der Waals surface area contributed by atoms with Gasteiger partial charge in [0.15, 0.2) is 5.78 Å². The van der Waals surface area contributed by atoms with Gasteiger partial charge in [-0.25, -0.2) is 0 Å². The predicted molar refractivity (Wildman–Crippen MR) is 67.1 cm³/mol. The Morgan fingerprint density at radius 3 is 2.72 bits per heavy atom. The van der Waals surface area contributed by atoms with Crippen molar-refractivity contribution in [2.24, 2.45) is 0 Å². The van der Waals surface area contributed by atoms with E-state index >= 15 is 0 Å². The van der Waals surface area contributed by atoms with E-state index in [1.54, 1.807) is 29.2 Å². The number of hydrogen-bond donors (Lipinski definition) is 1. The van der Waals surface area contributed by atoms with Crippen LogP contribution in [0.1, 0.15) is 16.8 Å². The molecule has 1 aromatic carbocycles. The molecule has 0 saturated carbocycles. The van der Waals surface area contributed by atoms with E-state index < -0.39 is 0 Å². The van der Waals surface area contributed by atoms with Crippen molar-refractivity contribution in [3.8, 4) is 0 Å². The average Bonchev–Trinajstić information content (AvgIpc) is 2.94. The zero-order valence-corrected chi connectivity index (χ0v) is 10.3. The summed E-state index contributed by atoms with van der Waals surface area (Å²) in [5.41, 5.74) is 1.12. The van der Waals surface area contributed by atoms with Gasteiger partial charge < -0.3 is 5.32 Å². The molecular formula is C13H11ClN2O2. The summed E-state index contributed by atoms with van der Waals surface area (Å²) in [6, 6.07) is 6.72. The maximum Gasteiger partial charge on any atom is 0.232 e. The van der Waals surface area contributed by atoms with Gasteiger partial charge >= 0.3 is 0 Å². The van der Waals surface area contributed by atoms with E-state index in [1.165, 1.54) is 0 Å². The average molecular weight is 263 g/mol. The second-order valence-electron chi connectivity index (χ2n) is 4.31. The first-order chi connectivity index (χ1) is 8.66. The van der Waals surface area contributed by atoms with Crippen molar-refractivity contribution in [2.75, 3.05) is 13.1 Å². The van der Waals surface area contributed by atoms with Crippen LogP contribution < -0.4 is 5.32 Å². The number of ketones is 1. The Bertz CT molecular complexity index is 563. The molecule has 2 aliphatic heterocycles. The van der Waals surface area contributed by atoms with Crippen molar-refractivity contribution in [3.63, 3.8) is 0 Å². The SMILES string of the molecule is O=C(C1=C2NCCN2C(=O)C1)c1ccc(Cl)cc1. The predicted octanol–water partition coefficient (Wildman–Crippen LogP) is 1.57. The smallest absolute Gasteiger partial charge is 0.232 e. The van der Waals surface area contributed by atoms with Gasteiger partial charge in [-0.15, -0.1) is 0 Å². The van der Waals surface area contributed by atoms with Gasteiger partial charge in [-0.3, -0.25) is 14.5 Å². The molecule has 5 heteroatoms. The molecule has 0 atom stereocenters. The fourth-order valence-corrected chi connectivity index (χ4v) is 2.43. The van der Waals surface area contributed by atoms with Crippen molar-refractivity contribution in [2.45, 2.75) is 6.42 Å². The Kier molecular flexibility index (Phi) is 2.59. The van der Waals surface area contributed by atoms with Crippen LogP contribution in [0.3, 0.4) is 0 Å². The van der Waals surface area contributed by atoms with Crippen LogP contribution >= 0.6 is 11.6 Å². The van der Waals surface area contributed by atoms with E-state index in [-0.39, 0.29) is 18.1 Å². The highest BCUT2D eigenvalue weighted by molar-refractivity contribution is 6.30. The number of fused-ring (bicyclic) bond motifs is 1. The first-order valence-corrected chi connectivity index (χ1v) is 6.12. The molecule has 0 bridgehead atoms. The topological polar surface area (TPSA) is 49.4 Å². The lowest BCUT2D eigenvalue weighted by Gasteiger charge is -2.08. The molecule has 1 fully saturated rings. The molecule has 0 aliphatic carbocycles. The lowest BCUT2D eigenvalue weighted by molar-refractivity contribution is -0.126. The minimum absolute atomic E-state index is 0.00712. The third kappa shape index (κ3) is 1.69. The Morgan fingerprint density at radius 1 is 1.28 bits per heavy atom. The van der Waals surface area contributed by atoms with Crippen molar-refractivity contribution in [3.05, 3.63) is 46.2 Å². The first-order valence-electron chi connectivity index (χ1n) is 5.74. The lowest BCUT2D eigenvalue weighted by atomic mass is 10.0. The van der Waals surface area contributed by atoms with Crippen LogP contribution in [-0.4, -0.2) is 29.7 Å². The van der Waals surface area contributed by atoms with Crippen molar-refractivity contribution in [1.82, 2.24) is 10.2 Å². The molecule has 0 aromatic heterocycles. The maximum absolute atomic E-state index is 12.3. The zero-order valence-electron chi connectivity index (χ0n) is 9.57. The van der Waals surface area contributed by atoms with E-state index in [9.17, 15) is 9.59 Å². The quantitative estimate of drug-likeness (QED) is 0.823. The molecule has 0 unspecified atom stereocenters. The molecule has 1 amide bonds. The summed E-state index contributed by atoms with van der Waals surface area (Å²) in [5, 5.41) is 3.69. The third-order valence-corrected chi connectivity index (χ3v) is 3.45. The molecule has 92 valence electrons. The minimum Gasteiger partial charge on any atom is -0.369 e. The van der Waals surface area contributed by atoms with Crippen LogP contribution in [0.15, 0.2) is 35.7 Å². The van der Waals surface area contributed by atoms with E-state index in [0.717, 1.165) is 0 Å². The van der Waals surface area contributed by atoms with Crippen LogP contribution in [-0.2, 0) is 4.79 Å². The summed E-state index contributed by atoms with van der Waals surface area (Å²) in [6.07, 6.45) is 0.184. The van der Waals surface area contributed by atoms with Crippen LogP contribution in [0.4, 0.5) is 0 Å². The highest BCUT2D eigenvalue weighted by Gasteiger charge is 2.36. The molecular weight excluding hydrogens is 252 g/mol. The number of Topliss-reactive ketones (excluding diaryl/α,β-unsaturated/α-hetero) is 1. The first kappa shape index (κ1) is 11.3. The second-order valence-corrected chi connectivity index (χ2v) is 4.75. The highest BCUT2D eigenvalue weighted by Crippen LogP contribution is 2.28. The molecule has 18 heavy (non-hydrogen) atoms. The summed E-state index contributed by atoms with van der Waals surface area (Å²) in [4.78, 5) is 25.7. The largest absolute Gasteiger partial charge is 0.369 e. The Balaban J connectivity index is 1.96. The molecule has 4 nitrogen and oxygen atoms in total. The molecule has 0 spiro atoms. The fraction of sp³-hybridized carbons (Fsp3) is 0.231. The molecule has 1 aromatic rings. The molecule has 2 heterocycles. The van der Waals surface area contributed by atoms with Gasteiger partial charge in [0.25, 0.3) is 0 Å². The molecule has 3 rings (SSSR count). The molecule has 1 saturated heterocycles. The van der Waals surface area contributed by atoms with Gasteiger partial charge in [0.05, 0.1) is 12.0 Å². The Hall–Kier alpha value is -1.81. The number of hydrogen-bond acceptors (Lipinski definition) is 3. The van der Waals surface area contributed by atoms with Gasteiger partial charge in [0.2, 0.25) is 5.91 Å². The van der Waals surface area contributed by atoms with Gasteiger partial charge in [0, 0.05) is 23.7 Å². The monoisotopic (exact) mass is 262 g/mol. The number of benzene rings is 1. The van der Waals surface area contributed by atoms with Crippen LogP contribution in [0.2, 0.25) is 5.02 Å². The highest BCUT2D eigenvalue weighted by atomic mass is 35.5. The number of nitrogens with zero attached hydrogens (tertiary/aromatic N) is 1. The second kappa shape index (κ2) is 4.14. The summed E-state index contributed by atoms with van der Waals surface area (Å²) >= 11 is 5.79. The van der Waals surface area contributed by atoms with E-state index in [4.69, 9.17) is 11.6 Å². The number of amides is 1. The number of halogens is 1. The summed E-state index contributed by atoms with van der Waals surface area (Å²) in [6.45, 7) is 1.35. The Morgan fingerprint density at radius 2 is 2.00 bits per heavy atom. The van der Waals surface area contributed by atoms with Crippen molar-refractivity contribution >= 4 is 23.3 Å². The lowest BCUT2D eigenvalue weighted by Crippen LogP contribution is -2.21. The van der Waals surface area contributed by atoms with E-state index in [1.807, 2.05) is 0 Å². The van der Waals surface area contributed by atoms with Crippen LogP contribution in [0.25, 0.3) is 0 Å². The summed E-state index contributed by atoms with van der Waals surface area (Å²) in [7, 11) is 0. The van der Waals surface area contributed by atoms with Crippen LogP contribution in [0.5, 0.6) is 0 Å². The molecule has 1 N–H and O–H groups in total. The number of nitrogens with one attached hydrogen (secondary N) is 1. The summed E-state index contributed by atoms with van der Waals surface area (Å²) in [5.74, 6) is 0.569. The maximum atomic E-state index is 12.3. The number of carbonyl (C=O) groups is 2. The van der Waals surface area contributed by atoms with Gasteiger partial charge in [-0.1, -0.05) is 11.6 Å². The van der Waals surface area contributed by atoms with Crippen molar-refractivity contribution in [1.29, 1.82) is 0 Å². The zero-order chi connectivity index (χ0) is 12.7. The van der Waals surface area contributed by atoms with Gasteiger partial charge in [-0.05, 0) is 24.3 Å². The minimum atomic E-state index is -0.105. The normalized spacial score (nSPS) is 18.1. The Labute approximate surface area is 109 Å². The van der Waals surface area contributed by atoms with Gasteiger partial charge in [0.1, 0.15) is 5.82 Å². The number of rotatable bonds is 2. The fourth-order valence-electron chi connectivity index (χ4n) is 2.31. The molecule has 2 aliphatic rings. The van der Waals surface area contributed by atoms with E-state index in [0.29, 0.717) is 35.1 Å². The van der Waals surface area contributed by atoms with Crippen LogP contribution in [0, 0.1) is 0 Å². The van der Waals surface area contributed by atoms with E-state index in [2.05, 4.69) is 5.32 Å². The molecule has 0 radical (unpaired) electrons. The number of carbonyl (C=O) groups excluding carboxylic acids is 2. The third-order valence-electron chi connectivity index (χ3n) is 3.19.